The molecule has 1 atom stereocenters. The molecule has 2 aliphatic rings. The van der Waals surface area contributed by atoms with E-state index in [2.05, 4.69) is 22.8 Å². The molecule has 0 aliphatic heterocycles. The van der Waals surface area contributed by atoms with E-state index in [0.29, 0.717) is 0 Å². The molecule has 2 aromatic rings. The lowest BCUT2D eigenvalue weighted by molar-refractivity contribution is -0.144. The minimum Gasteiger partial charge on any atom is -0.480 e. The van der Waals surface area contributed by atoms with E-state index in [1.165, 1.54) is 0 Å². The van der Waals surface area contributed by atoms with Crippen LogP contribution in [0.2, 0.25) is 0 Å². The maximum absolute atomic E-state index is 12.1. The Balaban J connectivity index is 1.25. The third-order valence-corrected chi connectivity index (χ3v) is 6.17. The monoisotopic (exact) mass is 422 g/mol. The van der Waals surface area contributed by atoms with Crippen molar-refractivity contribution in [2.24, 2.45) is 5.92 Å². The number of carboxylic acid groups (broad SMARTS) is 1. The van der Waals surface area contributed by atoms with Gasteiger partial charge in [-0.25, -0.2) is 9.59 Å². The van der Waals surface area contributed by atoms with E-state index in [0.717, 1.165) is 41.5 Å². The lowest BCUT2D eigenvalue weighted by Crippen LogP contribution is -2.48. The zero-order valence-corrected chi connectivity index (χ0v) is 17.2. The van der Waals surface area contributed by atoms with Gasteiger partial charge in [-0.15, -0.1) is 0 Å². The molecule has 1 unspecified atom stereocenters. The fourth-order valence-electron chi connectivity index (χ4n) is 4.33. The summed E-state index contributed by atoms with van der Waals surface area (Å²) in [7, 11) is 0. The summed E-state index contributed by atoms with van der Waals surface area (Å²) < 4.78 is 5.43. The van der Waals surface area contributed by atoms with Crippen molar-refractivity contribution in [3.8, 4) is 11.1 Å². The summed E-state index contributed by atoms with van der Waals surface area (Å²) in [5.41, 5.74) is 4.57. The second kappa shape index (κ2) is 9.20. The number of aliphatic carboxylic acids is 1. The van der Waals surface area contributed by atoms with Gasteiger partial charge in [-0.2, -0.15) is 0 Å². The third kappa shape index (κ3) is 4.55. The Morgan fingerprint density at radius 2 is 1.61 bits per heavy atom. The van der Waals surface area contributed by atoms with Crippen LogP contribution < -0.4 is 10.6 Å². The molecular formula is C24H26N2O5. The molecule has 1 saturated carbocycles. The van der Waals surface area contributed by atoms with Crippen molar-refractivity contribution >= 4 is 18.0 Å². The number of nitrogens with one attached hydrogen (secondary N) is 2. The molecule has 0 heterocycles. The van der Waals surface area contributed by atoms with Crippen molar-refractivity contribution in [3.63, 3.8) is 0 Å². The van der Waals surface area contributed by atoms with Gasteiger partial charge in [0, 0.05) is 18.9 Å². The first-order chi connectivity index (χ1) is 15.0. The topological polar surface area (TPSA) is 105 Å². The van der Waals surface area contributed by atoms with Crippen molar-refractivity contribution in [1.82, 2.24) is 10.6 Å². The average molecular weight is 422 g/mol. The summed E-state index contributed by atoms with van der Waals surface area (Å²) in [6.07, 6.45) is 2.03. The van der Waals surface area contributed by atoms with Gasteiger partial charge in [0.15, 0.2) is 0 Å². The van der Waals surface area contributed by atoms with Gasteiger partial charge in [0.2, 0.25) is 5.91 Å². The molecule has 162 valence electrons. The predicted octanol–water partition coefficient (Wildman–Crippen LogP) is 3.28. The quantitative estimate of drug-likeness (QED) is 0.606. The number of carbonyl (C=O) groups excluding carboxylic acids is 2. The minimum atomic E-state index is -1.01. The first-order valence-electron chi connectivity index (χ1n) is 10.7. The van der Waals surface area contributed by atoms with E-state index in [9.17, 15) is 19.5 Å². The van der Waals surface area contributed by atoms with Gasteiger partial charge in [-0.1, -0.05) is 55.0 Å². The zero-order chi connectivity index (χ0) is 21.8. The first kappa shape index (κ1) is 20.9. The van der Waals surface area contributed by atoms with Gasteiger partial charge in [0.05, 0.1) is 0 Å². The van der Waals surface area contributed by atoms with Crippen LogP contribution >= 0.6 is 0 Å². The zero-order valence-electron chi connectivity index (χ0n) is 17.2. The lowest BCUT2D eigenvalue weighted by Gasteiger charge is -2.31. The van der Waals surface area contributed by atoms with Crippen LogP contribution in [0.4, 0.5) is 4.79 Å². The maximum atomic E-state index is 12.1. The van der Waals surface area contributed by atoms with Gasteiger partial charge < -0.3 is 20.5 Å². The molecule has 7 heteroatoms. The summed E-state index contributed by atoms with van der Waals surface area (Å²) >= 11 is 0. The predicted molar refractivity (Wildman–Crippen MR) is 115 cm³/mol. The molecule has 1 fully saturated rings. The largest absolute Gasteiger partial charge is 0.480 e. The highest BCUT2D eigenvalue weighted by molar-refractivity contribution is 5.84. The molecule has 0 bridgehead atoms. The van der Waals surface area contributed by atoms with Crippen LogP contribution in [-0.4, -0.2) is 42.3 Å². The van der Waals surface area contributed by atoms with E-state index in [1.54, 1.807) is 0 Å². The van der Waals surface area contributed by atoms with Crippen LogP contribution in [0.1, 0.15) is 42.7 Å². The number of carboxylic acids is 1. The maximum Gasteiger partial charge on any atom is 0.407 e. The van der Waals surface area contributed by atoms with E-state index in [-0.39, 0.29) is 31.4 Å². The lowest BCUT2D eigenvalue weighted by atomic mass is 9.79. The minimum absolute atomic E-state index is 0.000690. The number of alkyl carbamates (subject to hydrolysis) is 1. The van der Waals surface area contributed by atoms with Crippen LogP contribution in [0.5, 0.6) is 0 Å². The smallest absolute Gasteiger partial charge is 0.407 e. The van der Waals surface area contributed by atoms with Crippen LogP contribution in [-0.2, 0) is 14.3 Å². The second-order valence-corrected chi connectivity index (χ2v) is 8.08. The molecule has 4 rings (SSSR count). The fourth-order valence-corrected chi connectivity index (χ4v) is 4.33. The van der Waals surface area contributed by atoms with Gasteiger partial charge in [-0.05, 0) is 41.0 Å². The Morgan fingerprint density at radius 1 is 1.00 bits per heavy atom. The number of fused-ring (bicyclic) bond motifs is 3. The molecule has 3 N–H and O–H groups in total. The summed E-state index contributed by atoms with van der Waals surface area (Å²) in [5.74, 6) is -1.43. The van der Waals surface area contributed by atoms with Crippen molar-refractivity contribution < 1.29 is 24.2 Å². The molecule has 0 aromatic heterocycles. The Bertz CT molecular complexity index is 940. The number of carbonyl (C=O) groups is 3. The standard InChI is InChI=1S/C24H26N2O5/c27-21(26-22(23(28)29)15-6-5-7-15)12-13-25-24(30)31-14-20-18-10-3-1-8-16(18)17-9-2-4-11-19(17)20/h1-4,8-11,15,20,22H,5-7,12-14H2,(H,25,30)(H,26,27)(H,28,29). The highest BCUT2D eigenvalue weighted by Crippen LogP contribution is 2.44. The molecule has 0 saturated heterocycles. The molecule has 2 aliphatic carbocycles. The van der Waals surface area contributed by atoms with Crippen LogP contribution in [0.15, 0.2) is 48.5 Å². The number of hydrogen-bond acceptors (Lipinski definition) is 4. The van der Waals surface area contributed by atoms with Gasteiger partial charge in [0.1, 0.15) is 12.6 Å². The Hall–Kier alpha value is -3.35. The van der Waals surface area contributed by atoms with Crippen LogP contribution in [0, 0.1) is 5.92 Å². The summed E-state index contributed by atoms with van der Waals surface area (Å²) in [6.45, 7) is 0.286. The van der Waals surface area contributed by atoms with Crippen LogP contribution in [0.25, 0.3) is 11.1 Å². The molecule has 0 radical (unpaired) electrons. The highest BCUT2D eigenvalue weighted by Gasteiger charge is 2.33. The van der Waals surface area contributed by atoms with Gasteiger partial charge in [-0.3, -0.25) is 4.79 Å². The molecular weight excluding hydrogens is 396 g/mol. The van der Waals surface area contributed by atoms with Crippen molar-refractivity contribution in [1.29, 1.82) is 0 Å². The fraction of sp³-hybridized carbons (Fsp3) is 0.375. The van der Waals surface area contributed by atoms with E-state index in [4.69, 9.17) is 4.74 Å². The Kier molecular flexibility index (Phi) is 6.21. The summed E-state index contributed by atoms with van der Waals surface area (Å²) in [4.78, 5) is 35.5. The van der Waals surface area contributed by atoms with Crippen molar-refractivity contribution in [2.45, 2.75) is 37.6 Å². The SMILES string of the molecule is O=C(CCNC(=O)OCC1c2ccccc2-c2ccccc21)NC(C(=O)O)C1CCC1. The Labute approximate surface area is 180 Å². The molecule has 31 heavy (non-hydrogen) atoms. The normalized spacial score (nSPS) is 15.9. The second-order valence-electron chi connectivity index (χ2n) is 8.08. The first-order valence-corrected chi connectivity index (χ1v) is 10.7. The third-order valence-electron chi connectivity index (χ3n) is 6.17. The number of hydrogen-bond donors (Lipinski definition) is 3. The van der Waals surface area contributed by atoms with E-state index in [1.807, 2.05) is 36.4 Å². The molecule has 2 amide bonds. The van der Waals surface area contributed by atoms with Gasteiger partial charge >= 0.3 is 12.1 Å². The van der Waals surface area contributed by atoms with E-state index < -0.39 is 24.0 Å². The molecule has 2 aromatic carbocycles. The molecule has 7 nitrogen and oxygen atoms in total. The highest BCUT2D eigenvalue weighted by atomic mass is 16.5. The number of ether oxygens (including phenoxy) is 1. The average Bonchev–Trinajstić information content (AvgIpc) is 3.04. The summed E-state index contributed by atoms with van der Waals surface area (Å²) in [5, 5.41) is 14.4. The number of rotatable bonds is 8. The molecule has 0 spiro atoms. The summed E-state index contributed by atoms with van der Waals surface area (Å²) in [6, 6.07) is 15.3. The van der Waals surface area contributed by atoms with Gasteiger partial charge in [0.25, 0.3) is 0 Å². The van der Waals surface area contributed by atoms with E-state index >= 15 is 0 Å². The number of amides is 2. The van der Waals surface area contributed by atoms with Crippen molar-refractivity contribution in [2.75, 3.05) is 13.2 Å². The Morgan fingerprint density at radius 3 is 2.16 bits per heavy atom. The number of benzene rings is 2. The van der Waals surface area contributed by atoms with Crippen molar-refractivity contribution in [3.05, 3.63) is 59.7 Å². The van der Waals surface area contributed by atoms with Crippen LogP contribution in [0.3, 0.4) is 0 Å².